The van der Waals surface area contributed by atoms with Crippen molar-refractivity contribution in [3.05, 3.63) is 60.8 Å². The molecule has 0 rings (SSSR count). The number of phosphoric ester groups is 1. The van der Waals surface area contributed by atoms with E-state index in [0.29, 0.717) is 12.8 Å². The molecule has 9 heteroatoms. The largest absolute Gasteiger partial charge is 0.469 e. The molecule has 276 valence electrons. The van der Waals surface area contributed by atoms with Crippen molar-refractivity contribution in [2.75, 3.05) is 13.2 Å². The second-order valence-corrected chi connectivity index (χ2v) is 13.5. The first kappa shape index (κ1) is 45.8. The van der Waals surface area contributed by atoms with E-state index in [0.717, 1.165) is 57.8 Å². The van der Waals surface area contributed by atoms with Crippen molar-refractivity contribution in [2.45, 2.75) is 161 Å². The lowest BCUT2D eigenvalue weighted by molar-refractivity contribution is -0.161. The average molecular weight is 695 g/mol. The van der Waals surface area contributed by atoms with Gasteiger partial charge in [0.2, 0.25) is 0 Å². The van der Waals surface area contributed by atoms with E-state index in [9.17, 15) is 14.2 Å². The first-order valence-electron chi connectivity index (χ1n) is 18.6. The van der Waals surface area contributed by atoms with Crippen LogP contribution < -0.4 is 0 Å². The van der Waals surface area contributed by atoms with Gasteiger partial charge in [-0.15, -0.1) is 0 Å². The average Bonchev–Trinajstić information content (AvgIpc) is 3.05. The summed E-state index contributed by atoms with van der Waals surface area (Å²) in [6.45, 7) is 3.48. The van der Waals surface area contributed by atoms with Gasteiger partial charge in [-0.2, -0.15) is 0 Å². The molecule has 8 nitrogen and oxygen atoms in total. The Morgan fingerprint density at radius 3 is 1.56 bits per heavy atom. The molecule has 0 aromatic rings. The van der Waals surface area contributed by atoms with E-state index in [1.807, 2.05) is 30.4 Å². The van der Waals surface area contributed by atoms with Crippen LogP contribution >= 0.6 is 7.82 Å². The Labute approximate surface area is 292 Å². The molecule has 2 N–H and O–H groups in total. The molecule has 0 fully saturated rings. The van der Waals surface area contributed by atoms with Crippen molar-refractivity contribution < 1.29 is 37.9 Å². The number of rotatable bonds is 33. The van der Waals surface area contributed by atoms with E-state index >= 15 is 0 Å². The molecule has 0 unspecified atom stereocenters. The van der Waals surface area contributed by atoms with Crippen LogP contribution in [-0.2, 0) is 28.2 Å². The Kier molecular flexibility index (Phi) is 33.0. The van der Waals surface area contributed by atoms with E-state index < -0.39 is 32.5 Å². The monoisotopic (exact) mass is 694 g/mol. The summed E-state index contributed by atoms with van der Waals surface area (Å²) in [6.07, 6.45) is 42.2. The van der Waals surface area contributed by atoms with Crippen molar-refractivity contribution in [1.82, 2.24) is 0 Å². The lowest BCUT2D eigenvalue weighted by atomic mass is 10.1. The molecule has 0 aliphatic carbocycles. The summed E-state index contributed by atoms with van der Waals surface area (Å²) in [6, 6.07) is 0. The third-order valence-corrected chi connectivity index (χ3v) is 8.10. The first-order chi connectivity index (χ1) is 23.3. The van der Waals surface area contributed by atoms with Crippen molar-refractivity contribution in [3.63, 3.8) is 0 Å². The van der Waals surface area contributed by atoms with E-state index in [4.69, 9.17) is 19.3 Å². The zero-order valence-electron chi connectivity index (χ0n) is 30.1. The summed E-state index contributed by atoms with van der Waals surface area (Å²) in [5.74, 6) is -0.919. The molecule has 0 saturated carbocycles. The van der Waals surface area contributed by atoms with Gasteiger partial charge in [-0.1, -0.05) is 152 Å². The summed E-state index contributed by atoms with van der Waals surface area (Å²) >= 11 is 0. The lowest BCUT2D eigenvalue weighted by Crippen LogP contribution is -2.29. The SMILES string of the molecule is CC/C=C/C=C/C=C/C=C/CCCCCCCC(=O)OC[C@H](COP(=O)(O)O)OC(=O)CCCCCCCCCCC/C=C/CCCC. The van der Waals surface area contributed by atoms with Crippen LogP contribution in [0.5, 0.6) is 0 Å². The standard InChI is InChI=1S/C39H67O8P/c1-3-5-7-9-11-13-15-17-19-21-23-25-27-29-31-33-38(40)45-35-37(36-46-48(42,43)44)47-39(41)34-32-30-28-26-24-22-20-18-16-14-12-10-8-6-4-2/h5,7,9-13,15,17,19,37H,3-4,6,8,14,16,18,20-36H2,1-2H3,(H2,42,43,44)/b7-5+,11-9+,12-10+,15-13+,19-17+/t37-/m1/s1. The fourth-order valence-electron chi connectivity index (χ4n) is 4.83. The van der Waals surface area contributed by atoms with Crippen molar-refractivity contribution >= 4 is 19.8 Å². The van der Waals surface area contributed by atoms with Gasteiger partial charge in [0.25, 0.3) is 0 Å². The predicted octanol–water partition coefficient (Wildman–Crippen LogP) is 11.0. The molecule has 48 heavy (non-hydrogen) atoms. The Bertz CT molecular complexity index is 963. The number of unbranched alkanes of at least 4 members (excludes halogenated alkanes) is 16. The maximum absolute atomic E-state index is 12.4. The molecular formula is C39H67O8P. The van der Waals surface area contributed by atoms with E-state index in [2.05, 4.69) is 48.8 Å². The summed E-state index contributed by atoms with van der Waals surface area (Å²) in [5, 5.41) is 0. The van der Waals surface area contributed by atoms with Crippen LogP contribution in [0.2, 0.25) is 0 Å². The fourth-order valence-corrected chi connectivity index (χ4v) is 5.19. The normalized spacial score (nSPS) is 13.2. The third-order valence-electron chi connectivity index (χ3n) is 7.61. The van der Waals surface area contributed by atoms with Gasteiger partial charge in [0.05, 0.1) is 6.61 Å². The summed E-state index contributed by atoms with van der Waals surface area (Å²) in [7, 11) is -4.76. The number of ether oxygens (including phenoxy) is 2. The minimum absolute atomic E-state index is 0.201. The second-order valence-electron chi connectivity index (χ2n) is 12.3. The lowest BCUT2D eigenvalue weighted by Gasteiger charge is -2.18. The zero-order valence-corrected chi connectivity index (χ0v) is 31.0. The summed E-state index contributed by atoms with van der Waals surface area (Å²) in [5.41, 5.74) is 0. The number of phosphoric acid groups is 1. The minimum atomic E-state index is -4.76. The van der Waals surface area contributed by atoms with E-state index in [1.54, 1.807) is 0 Å². The molecule has 0 amide bonds. The van der Waals surface area contributed by atoms with Crippen LogP contribution in [0.15, 0.2) is 60.8 Å². The molecule has 1 atom stereocenters. The molecule has 0 spiro atoms. The zero-order chi connectivity index (χ0) is 35.4. The van der Waals surface area contributed by atoms with Crippen LogP contribution in [0.25, 0.3) is 0 Å². The molecule has 0 aliphatic rings. The number of carbonyl (C=O) groups is 2. The minimum Gasteiger partial charge on any atom is -0.462 e. The van der Waals surface area contributed by atoms with E-state index in [-0.39, 0.29) is 19.4 Å². The first-order valence-corrected chi connectivity index (χ1v) is 20.2. The van der Waals surface area contributed by atoms with Gasteiger partial charge >= 0.3 is 19.8 Å². The van der Waals surface area contributed by atoms with Gasteiger partial charge in [0, 0.05) is 12.8 Å². The number of hydrogen-bond acceptors (Lipinski definition) is 6. The number of hydrogen-bond donors (Lipinski definition) is 2. The molecule has 0 heterocycles. The van der Waals surface area contributed by atoms with Crippen molar-refractivity contribution in [3.8, 4) is 0 Å². The Morgan fingerprint density at radius 2 is 1.02 bits per heavy atom. The van der Waals surface area contributed by atoms with Gasteiger partial charge in [-0.05, 0) is 51.4 Å². The maximum atomic E-state index is 12.4. The van der Waals surface area contributed by atoms with Crippen LogP contribution in [0.4, 0.5) is 0 Å². The van der Waals surface area contributed by atoms with Crippen LogP contribution in [0.1, 0.15) is 155 Å². The second kappa shape index (κ2) is 34.6. The quantitative estimate of drug-likeness (QED) is 0.0229. The molecule has 0 aromatic carbocycles. The van der Waals surface area contributed by atoms with Gasteiger partial charge in [-0.25, -0.2) is 4.57 Å². The van der Waals surface area contributed by atoms with E-state index in [1.165, 1.54) is 57.8 Å². The highest BCUT2D eigenvalue weighted by atomic mass is 31.2. The third kappa shape index (κ3) is 36.6. The van der Waals surface area contributed by atoms with Crippen LogP contribution in [0.3, 0.4) is 0 Å². The number of carbonyl (C=O) groups excluding carboxylic acids is 2. The highest BCUT2D eigenvalue weighted by molar-refractivity contribution is 7.46. The predicted molar refractivity (Wildman–Crippen MR) is 197 cm³/mol. The summed E-state index contributed by atoms with van der Waals surface area (Å²) in [4.78, 5) is 42.7. The van der Waals surface area contributed by atoms with Gasteiger partial charge in [0.15, 0.2) is 6.10 Å². The molecule has 0 bridgehead atoms. The molecule has 0 radical (unpaired) electrons. The molecular weight excluding hydrogens is 627 g/mol. The Morgan fingerprint density at radius 1 is 0.562 bits per heavy atom. The summed E-state index contributed by atoms with van der Waals surface area (Å²) < 4.78 is 26.3. The van der Waals surface area contributed by atoms with Gasteiger partial charge in [0.1, 0.15) is 6.61 Å². The molecule has 0 aromatic heterocycles. The van der Waals surface area contributed by atoms with Gasteiger partial charge in [-0.3, -0.25) is 14.1 Å². The van der Waals surface area contributed by atoms with Crippen molar-refractivity contribution in [1.29, 1.82) is 0 Å². The smallest absolute Gasteiger partial charge is 0.462 e. The highest BCUT2D eigenvalue weighted by Gasteiger charge is 2.22. The topological polar surface area (TPSA) is 119 Å². The highest BCUT2D eigenvalue weighted by Crippen LogP contribution is 2.36. The maximum Gasteiger partial charge on any atom is 0.469 e. The number of allylic oxidation sites excluding steroid dienone is 10. The Balaban J connectivity index is 4.02. The fraction of sp³-hybridized carbons (Fsp3) is 0.692. The Hall–Kier alpha value is -2.25. The van der Waals surface area contributed by atoms with Crippen LogP contribution in [-0.4, -0.2) is 41.0 Å². The van der Waals surface area contributed by atoms with Crippen molar-refractivity contribution in [2.24, 2.45) is 0 Å². The number of esters is 2. The van der Waals surface area contributed by atoms with Gasteiger partial charge < -0.3 is 19.3 Å². The molecule has 0 saturated heterocycles. The van der Waals surface area contributed by atoms with Crippen LogP contribution in [0, 0.1) is 0 Å². The molecule has 0 aliphatic heterocycles.